The second-order valence-electron chi connectivity index (χ2n) is 7.96. The summed E-state index contributed by atoms with van der Waals surface area (Å²) in [5.41, 5.74) is 5.32. The molecule has 0 aromatic heterocycles. The van der Waals surface area contributed by atoms with E-state index in [1.54, 1.807) is 32.9 Å². The lowest BCUT2D eigenvalue weighted by atomic mass is 10.1. The Labute approximate surface area is 197 Å². The van der Waals surface area contributed by atoms with Crippen LogP contribution in [0.4, 0.5) is 16.2 Å². The van der Waals surface area contributed by atoms with Crippen LogP contribution in [0.1, 0.15) is 31.1 Å². The Balaban J connectivity index is 2.29. The largest absolute Gasteiger partial charge is 0.495 e. The summed E-state index contributed by atoms with van der Waals surface area (Å²) in [5.74, 6) is -0.315. The highest BCUT2D eigenvalue weighted by molar-refractivity contribution is 6.05. The number of primary amides is 1. The number of benzene rings is 2. The summed E-state index contributed by atoms with van der Waals surface area (Å²) in [4.78, 5) is 36.2. The van der Waals surface area contributed by atoms with Crippen molar-refractivity contribution in [2.24, 2.45) is 5.73 Å². The summed E-state index contributed by atoms with van der Waals surface area (Å²) in [5, 5.41) is 5.34. The van der Waals surface area contributed by atoms with Gasteiger partial charge >= 0.3 is 6.09 Å². The van der Waals surface area contributed by atoms with Gasteiger partial charge in [-0.3, -0.25) is 14.9 Å². The van der Waals surface area contributed by atoms with E-state index in [-0.39, 0.29) is 22.8 Å². The number of anilines is 2. The van der Waals surface area contributed by atoms with Gasteiger partial charge in [-0.2, -0.15) is 0 Å². The summed E-state index contributed by atoms with van der Waals surface area (Å²) in [6.07, 6.45) is -0.671. The van der Waals surface area contributed by atoms with Crippen molar-refractivity contribution in [2.45, 2.75) is 26.4 Å². The van der Waals surface area contributed by atoms with Crippen molar-refractivity contribution >= 4 is 29.3 Å². The van der Waals surface area contributed by atoms with Crippen molar-refractivity contribution in [2.75, 3.05) is 38.6 Å². The first-order valence-corrected chi connectivity index (χ1v) is 10.1. The van der Waals surface area contributed by atoms with Crippen molar-refractivity contribution < 1.29 is 38.1 Å². The van der Waals surface area contributed by atoms with Crippen molar-refractivity contribution in [1.29, 1.82) is 0 Å². The van der Waals surface area contributed by atoms with Gasteiger partial charge in [0.25, 0.3) is 11.8 Å². The van der Waals surface area contributed by atoms with Crippen LogP contribution in [0.25, 0.3) is 0 Å². The van der Waals surface area contributed by atoms with Crippen LogP contribution >= 0.6 is 0 Å². The van der Waals surface area contributed by atoms with Crippen LogP contribution in [-0.2, 0) is 9.53 Å². The topological polar surface area (TPSA) is 147 Å². The van der Waals surface area contributed by atoms with Gasteiger partial charge in [0.2, 0.25) is 5.75 Å². The molecule has 2 rings (SSSR count). The zero-order valence-corrected chi connectivity index (χ0v) is 19.9. The zero-order valence-electron chi connectivity index (χ0n) is 19.9. The first-order chi connectivity index (χ1) is 16.0. The molecule has 0 aliphatic rings. The number of hydrogen-bond acceptors (Lipinski definition) is 8. The quantitative estimate of drug-likeness (QED) is 0.501. The summed E-state index contributed by atoms with van der Waals surface area (Å²) in [6, 6.07) is 7.58. The predicted octanol–water partition coefficient (Wildman–Crippen LogP) is 3.18. The third-order valence-electron chi connectivity index (χ3n) is 4.17. The maximum Gasteiger partial charge on any atom is 0.412 e. The number of nitrogens with one attached hydrogen (secondary N) is 2. The molecule has 0 aliphatic heterocycles. The number of methoxy groups -OCH3 is 3. The highest BCUT2D eigenvalue weighted by Crippen LogP contribution is 2.39. The molecule has 11 nitrogen and oxygen atoms in total. The van der Waals surface area contributed by atoms with Crippen LogP contribution in [0.5, 0.6) is 23.0 Å². The van der Waals surface area contributed by atoms with Gasteiger partial charge in [0.05, 0.1) is 27.0 Å². The van der Waals surface area contributed by atoms with E-state index in [0.29, 0.717) is 17.1 Å². The Morgan fingerprint density at radius 3 is 1.97 bits per heavy atom. The lowest BCUT2D eigenvalue weighted by Gasteiger charge is -2.20. The van der Waals surface area contributed by atoms with Crippen LogP contribution in [0, 0.1) is 0 Å². The van der Waals surface area contributed by atoms with Gasteiger partial charge in [-0.25, -0.2) is 4.79 Å². The molecular formula is C23H29N3O8. The molecule has 34 heavy (non-hydrogen) atoms. The predicted molar refractivity (Wildman–Crippen MR) is 125 cm³/mol. The molecule has 0 spiro atoms. The number of carbonyl (C=O) groups excluding carboxylic acids is 3. The second kappa shape index (κ2) is 11.1. The van der Waals surface area contributed by atoms with E-state index in [2.05, 4.69) is 10.6 Å². The Hall–Kier alpha value is -4.15. The number of ether oxygens (including phenoxy) is 5. The van der Waals surface area contributed by atoms with Crippen LogP contribution in [0.3, 0.4) is 0 Å². The Kier molecular flexibility index (Phi) is 8.54. The highest BCUT2D eigenvalue weighted by atomic mass is 16.6. The van der Waals surface area contributed by atoms with E-state index in [9.17, 15) is 14.4 Å². The highest BCUT2D eigenvalue weighted by Gasteiger charge is 2.20. The number of hydrogen-bond donors (Lipinski definition) is 3. The van der Waals surface area contributed by atoms with Gasteiger partial charge in [-0.1, -0.05) is 0 Å². The Morgan fingerprint density at radius 2 is 1.47 bits per heavy atom. The molecule has 0 unspecified atom stereocenters. The molecule has 0 radical (unpaired) electrons. The molecule has 2 aromatic carbocycles. The number of nitrogens with two attached hydrogens (primary N) is 1. The monoisotopic (exact) mass is 475 g/mol. The average Bonchev–Trinajstić information content (AvgIpc) is 2.75. The van der Waals surface area contributed by atoms with E-state index < -0.39 is 30.1 Å². The van der Waals surface area contributed by atoms with E-state index >= 15 is 0 Å². The zero-order chi connectivity index (χ0) is 25.5. The molecule has 4 N–H and O–H groups in total. The Bertz CT molecular complexity index is 1040. The molecule has 0 atom stereocenters. The molecular weight excluding hydrogens is 446 g/mol. The molecule has 0 fully saturated rings. The molecule has 0 saturated heterocycles. The molecule has 3 amide bonds. The van der Waals surface area contributed by atoms with Gasteiger partial charge < -0.3 is 34.7 Å². The number of rotatable bonds is 9. The standard InChI is InChI=1S/C23H29N3O8/c1-23(2,3)34-22(29)26-15-11-14(7-8-16(15)30-4)25-21(28)13-9-17(31-5)20(18(10-13)32-6)33-12-19(24)27/h7-11H,12H2,1-6H3,(H2,24,27)(H,25,28)(H,26,29). The number of carbonyl (C=O) groups is 3. The van der Waals surface area contributed by atoms with Gasteiger partial charge in [-0.05, 0) is 51.1 Å². The Morgan fingerprint density at radius 1 is 0.882 bits per heavy atom. The fourth-order valence-corrected chi connectivity index (χ4v) is 2.80. The average molecular weight is 475 g/mol. The summed E-state index contributed by atoms with van der Waals surface area (Å²) >= 11 is 0. The van der Waals surface area contributed by atoms with Crippen LogP contribution in [0.2, 0.25) is 0 Å². The fraction of sp³-hybridized carbons (Fsp3) is 0.348. The lowest BCUT2D eigenvalue weighted by Crippen LogP contribution is -2.27. The molecule has 184 valence electrons. The van der Waals surface area contributed by atoms with Gasteiger partial charge in [0.15, 0.2) is 18.1 Å². The van der Waals surface area contributed by atoms with Gasteiger partial charge in [0, 0.05) is 11.3 Å². The molecule has 0 bridgehead atoms. The van der Waals surface area contributed by atoms with Crippen molar-refractivity contribution in [3.05, 3.63) is 35.9 Å². The molecule has 0 heterocycles. The molecule has 0 saturated carbocycles. The minimum Gasteiger partial charge on any atom is -0.495 e. The van der Waals surface area contributed by atoms with Crippen LogP contribution < -0.4 is 35.3 Å². The third-order valence-corrected chi connectivity index (χ3v) is 4.17. The SMILES string of the molecule is COc1ccc(NC(=O)c2cc(OC)c(OCC(N)=O)c(OC)c2)cc1NC(=O)OC(C)(C)C. The first kappa shape index (κ1) is 26.1. The molecule has 0 aliphatic carbocycles. The summed E-state index contributed by atoms with van der Waals surface area (Å²) in [7, 11) is 4.21. The minimum absolute atomic E-state index is 0.133. The maximum atomic E-state index is 12.9. The van der Waals surface area contributed by atoms with Gasteiger partial charge in [-0.15, -0.1) is 0 Å². The normalized spacial score (nSPS) is 10.6. The molecule has 2 aromatic rings. The van der Waals surface area contributed by atoms with Crippen LogP contribution in [0.15, 0.2) is 30.3 Å². The minimum atomic E-state index is -0.686. The van der Waals surface area contributed by atoms with E-state index in [4.69, 9.17) is 29.4 Å². The van der Waals surface area contributed by atoms with E-state index in [0.717, 1.165) is 0 Å². The fourth-order valence-electron chi connectivity index (χ4n) is 2.80. The molecule has 11 heteroatoms. The summed E-state index contributed by atoms with van der Waals surface area (Å²) < 4.78 is 26.5. The van der Waals surface area contributed by atoms with E-state index in [1.807, 2.05) is 0 Å². The van der Waals surface area contributed by atoms with Crippen LogP contribution in [-0.4, -0.2) is 51.4 Å². The van der Waals surface area contributed by atoms with Crippen molar-refractivity contribution in [3.8, 4) is 23.0 Å². The van der Waals surface area contributed by atoms with Gasteiger partial charge in [0.1, 0.15) is 11.4 Å². The maximum absolute atomic E-state index is 12.9. The van der Waals surface area contributed by atoms with Crippen molar-refractivity contribution in [1.82, 2.24) is 0 Å². The number of amides is 3. The lowest BCUT2D eigenvalue weighted by molar-refractivity contribution is -0.120. The second-order valence-corrected chi connectivity index (χ2v) is 7.96. The summed E-state index contributed by atoms with van der Waals surface area (Å²) in [6.45, 7) is 4.84. The third kappa shape index (κ3) is 7.19. The first-order valence-electron chi connectivity index (χ1n) is 10.1. The smallest absolute Gasteiger partial charge is 0.412 e. The van der Waals surface area contributed by atoms with E-state index in [1.165, 1.54) is 39.5 Å². The van der Waals surface area contributed by atoms with Crippen molar-refractivity contribution in [3.63, 3.8) is 0 Å².